The Kier molecular flexibility index (Phi) is 4.18. The normalized spacial score (nSPS) is 11.2. The molecule has 0 aliphatic heterocycles. The number of hydrogen-bond donors (Lipinski definition) is 2. The molecule has 0 unspecified atom stereocenters. The number of carbonyl (C=O) groups excluding carboxylic acids is 1. The third-order valence-corrected chi connectivity index (χ3v) is 3.44. The molecule has 1 rings (SSSR count). The third kappa shape index (κ3) is 3.63. The highest BCUT2D eigenvalue weighted by Crippen LogP contribution is 2.26. The summed E-state index contributed by atoms with van der Waals surface area (Å²) < 4.78 is 22.2. The number of anilines is 2. The van der Waals surface area contributed by atoms with Crippen LogP contribution in [-0.4, -0.2) is 39.9 Å². The first kappa shape index (κ1) is 14.3. The molecule has 7 heteroatoms. The van der Waals surface area contributed by atoms with Gasteiger partial charge in [0.1, 0.15) is 9.84 Å². The van der Waals surface area contributed by atoms with E-state index in [9.17, 15) is 13.2 Å². The molecule has 0 aromatic heterocycles. The molecule has 0 heterocycles. The Morgan fingerprint density at radius 3 is 2.50 bits per heavy atom. The molecular formula is C11H17N3O3S. The molecule has 0 fully saturated rings. The highest BCUT2D eigenvalue weighted by atomic mass is 32.2. The molecule has 0 aliphatic rings. The summed E-state index contributed by atoms with van der Waals surface area (Å²) in [7, 11) is -1.40. The number of amides is 1. The minimum absolute atomic E-state index is 0.0178. The number of primary amides is 1. The first-order valence-corrected chi connectivity index (χ1v) is 7.35. The zero-order valence-electron chi connectivity index (χ0n) is 10.4. The SMILES string of the molecule is CN(CCS(C)(=O)=O)c1c(N)cccc1C(N)=O. The van der Waals surface area contributed by atoms with Gasteiger partial charge in [-0.3, -0.25) is 4.79 Å². The molecule has 1 aromatic carbocycles. The maximum atomic E-state index is 11.3. The van der Waals surface area contributed by atoms with Crippen molar-refractivity contribution >= 4 is 27.1 Å². The Labute approximate surface area is 106 Å². The first-order chi connectivity index (χ1) is 8.22. The van der Waals surface area contributed by atoms with Crippen molar-refractivity contribution in [3.63, 3.8) is 0 Å². The topological polar surface area (TPSA) is 106 Å². The molecule has 0 saturated carbocycles. The Morgan fingerprint density at radius 1 is 1.39 bits per heavy atom. The molecule has 18 heavy (non-hydrogen) atoms. The van der Waals surface area contributed by atoms with E-state index in [2.05, 4.69) is 0 Å². The second-order valence-corrected chi connectivity index (χ2v) is 6.42. The number of sulfone groups is 1. The number of para-hydroxylation sites is 1. The van der Waals surface area contributed by atoms with Gasteiger partial charge in [-0.2, -0.15) is 0 Å². The maximum absolute atomic E-state index is 11.3. The standard InChI is InChI=1S/C11H17N3O3S/c1-14(6-7-18(2,16)17)10-8(11(13)15)4-3-5-9(10)12/h3-5H,6-7,12H2,1-2H3,(H2,13,15). The van der Waals surface area contributed by atoms with Gasteiger partial charge in [-0.05, 0) is 12.1 Å². The van der Waals surface area contributed by atoms with Gasteiger partial charge in [0.25, 0.3) is 5.91 Å². The second kappa shape index (κ2) is 5.26. The van der Waals surface area contributed by atoms with Crippen LogP contribution in [0.5, 0.6) is 0 Å². The zero-order valence-corrected chi connectivity index (χ0v) is 11.2. The minimum atomic E-state index is -3.07. The summed E-state index contributed by atoms with van der Waals surface area (Å²) in [5.41, 5.74) is 12.2. The fourth-order valence-electron chi connectivity index (χ4n) is 1.60. The fraction of sp³-hybridized carbons (Fsp3) is 0.364. The molecular weight excluding hydrogens is 254 g/mol. The van der Waals surface area contributed by atoms with Gasteiger partial charge in [-0.25, -0.2) is 8.42 Å². The molecule has 0 radical (unpaired) electrons. The van der Waals surface area contributed by atoms with Crippen LogP contribution in [0.2, 0.25) is 0 Å². The van der Waals surface area contributed by atoms with Gasteiger partial charge in [0.05, 0.1) is 22.7 Å². The lowest BCUT2D eigenvalue weighted by Gasteiger charge is -2.22. The Bertz CT molecular complexity index is 555. The summed E-state index contributed by atoms with van der Waals surface area (Å²) in [5, 5.41) is 0. The summed E-state index contributed by atoms with van der Waals surface area (Å²) in [5.74, 6) is -0.612. The van der Waals surface area contributed by atoms with Gasteiger partial charge in [-0.1, -0.05) is 6.07 Å². The van der Waals surface area contributed by atoms with Crippen molar-refractivity contribution in [2.75, 3.05) is 36.2 Å². The van der Waals surface area contributed by atoms with Crippen LogP contribution < -0.4 is 16.4 Å². The molecule has 0 aliphatic carbocycles. The van der Waals surface area contributed by atoms with E-state index in [1.165, 1.54) is 0 Å². The summed E-state index contributed by atoms with van der Waals surface area (Å²) >= 11 is 0. The molecule has 1 amide bonds. The summed E-state index contributed by atoms with van der Waals surface area (Å²) in [6.45, 7) is 0.243. The third-order valence-electron chi connectivity index (χ3n) is 2.51. The van der Waals surface area contributed by atoms with Crippen LogP contribution in [0.4, 0.5) is 11.4 Å². The average molecular weight is 271 g/mol. The molecule has 0 atom stereocenters. The molecule has 0 spiro atoms. The second-order valence-electron chi connectivity index (χ2n) is 4.16. The van der Waals surface area contributed by atoms with Gasteiger partial charge in [0.15, 0.2) is 0 Å². The van der Waals surface area contributed by atoms with Gasteiger partial charge in [0, 0.05) is 19.8 Å². The maximum Gasteiger partial charge on any atom is 0.250 e. The largest absolute Gasteiger partial charge is 0.397 e. The predicted molar refractivity (Wildman–Crippen MR) is 72.4 cm³/mol. The molecule has 0 bridgehead atoms. The number of nitrogens with zero attached hydrogens (tertiary/aromatic N) is 1. The quantitative estimate of drug-likeness (QED) is 0.724. The number of carbonyl (C=O) groups is 1. The molecule has 4 N–H and O–H groups in total. The number of nitrogens with two attached hydrogens (primary N) is 2. The zero-order chi connectivity index (χ0) is 13.9. The van der Waals surface area contributed by atoms with Gasteiger partial charge >= 0.3 is 0 Å². The minimum Gasteiger partial charge on any atom is -0.397 e. The van der Waals surface area contributed by atoms with Crippen molar-refractivity contribution in [3.8, 4) is 0 Å². The van der Waals surface area contributed by atoms with E-state index in [0.717, 1.165) is 6.26 Å². The van der Waals surface area contributed by atoms with Gasteiger partial charge in [0.2, 0.25) is 0 Å². The Morgan fingerprint density at radius 2 is 2.00 bits per heavy atom. The lowest BCUT2D eigenvalue weighted by atomic mass is 10.1. The molecule has 0 saturated heterocycles. The number of nitrogen functional groups attached to an aromatic ring is 1. The Balaban J connectivity index is 3.04. The van der Waals surface area contributed by atoms with E-state index in [0.29, 0.717) is 11.4 Å². The Hall–Kier alpha value is -1.76. The molecule has 1 aromatic rings. The summed E-state index contributed by atoms with van der Waals surface area (Å²) in [6.07, 6.45) is 1.16. The van der Waals surface area contributed by atoms with Gasteiger partial charge < -0.3 is 16.4 Å². The molecule has 6 nitrogen and oxygen atoms in total. The van der Waals surface area contributed by atoms with E-state index < -0.39 is 15.7 Å². The van der Waals surface area contributed by atoms with Crippen molar-refractivity contribution in [2.24, 2.45) is 5.73 Å². The lowest BCUT2D eigenvalue weighted by Crippen LogP contribution is -2.28. The fourth-order valence-corrected chi connectivity index (χ4v) is 2.21. The van der Waals surface area contributed by atoms with Gasteiger partial charge in [-0.15, -0.1) is 0 Å². The van der Waals surface area contributed by atoms with Crippen LogP contribution in [0.15, 0.2) is 18.2 Å². The van der Waals surface area contributed by atoms with Crippen LogP contribution in [-0.2, 0) is 9.84 Å². The number of hydrogen-bond acceptors (Lipinski definition) is 5. The van der Waals surface area contributed by atoms with Crippen LogP contribution in [0, 0.1) is 0 Å². The van der Waals surface area contributed by atoms with Crippen molar-refractivity contribution in [1.29, 1.82) is 0 Å². The highest BCUT2D eigenvalue weighted by Gasteiger charge is 2.16. The summed E-state index contributed by atoms with van der Waals surface area (Å²) in [6, 6.07) is 4.83. The predicted octanol–water partition coefficient (Wildman–Crippen LogP) is -0.151. The highest BCUT2D eigenvalue weighted by molar-refractivity contribution is 7.90. The molecule has 100 valence electrons. The van der Waals surface area contributed by atoms with Crippen molar-refractivity contribution < 1.29 is 13.2 Å². The van der Waals surface area contributed by atoms with Crippen LogP contribution in [0.25, 0.3) is 0 Å². The monoisotopic (exact) mass is 271 g/mol. The van der Waals surface area contributed by atoms with Crippen LogP contribution in [0.1, 0.15) is 10.4 Å². The lowest BCUT2D eigenvalue weighted by molar-refractivity contribution is 0.100. The number of benzene rings is 1. The average Bonchev–Trinajstić information content (AvgIpc) is 2.24. The first-order valence-electron chi connectivity index (χ1n) is 5.29. The van der Waals surface area contributed by atoms with Crippen molar-refractivity contribution in [1.82, 2.24) is 0 Å². The van der Waals surface area contributed by atoms with Crippen LogP contribution >= 0.6 is 0 Å². The van der Waals surface area contributed by atoms with Crippen molar-refractivity contribution in [3.05, 3.63) is 23.8 Å². The van der Waals surface area contributed by atoms with Crippen molar-refractivity contribution in [2.45, 2.75) is 0 Å². The number of rotatable bonds is 5. The van der Waals surface area contributed by atoms with E-state index in [1.54, 1.807) is 30.1 Å². The van der Waals surface area contributed by atoms with E-state index >= 15 is 0 Å². The van der Waals surface area contributed by atoms with E-state index in [-0.39, 0.29) is 17.9 Å². The summed E-state index contributed by atoms with van der Waals surface area (Å²) in [4.78, 5) is 12.9. The van der Waals surface area contributed by atoms with Crippen LogP contribution in [0.3, 0.4) is 0 Å². The van der Waals surface area contributed by atoms with E-state index in [4.69, 9.17) is 11.5 Å². The van der Waals surface area contributed by atoms with E-state index in [1.807, 2.05) is 0 Å². The smallest absolute Gasteiger partial charge is 0.250 e.